The number of aryl methyl sites for hydroxylation is 1. The van der Waals surface area contributed by atoms with E-state index in [0.29, 0.717) is 32.2 Å². The van der Waals surface area contributed by atoms with Gasteiger partial charge in [-0.05, 0) is 49.3 Å². The van der Waals surface area contributed by atoms with Crippen molar-refractivity contribution in [3.8, 4) is 5.75 Å². The molecule has 1 aliphatic carbocycles. The summed E-state index contributed by atoms with van der Waals surface area (Å²) in [4.78, 5) is 14.3. The van der Waals surface area contributed by atoms with Crippen LogP contribution in [0.25, 0.3) is 0 Å². The zero-order valence-corrected chi connectivity index (χ0v) is 12.8. The minimum absolute atomic E-state index is 0.0471. The standard InChI is InChI=1S/C17H24N2O3/c20-15-7-3-13(4-8-15)2-1-9-18-17(21)19-10-11-22-12-16(19)14-5-6-14/h3-4,7-8,14,16,20H,1-2,5-6,9-12H2,(H,18,21). The Hall–Kier alpha value is -1.75. The second kappa shape index (κ2) is 7.01. The van der Waals surface area contributed by atoms with E-state index in [1.54, 1.807) is 12.1 Å². The third-order valence-corrected chi connectivity index (χ3v) is 4.45. The molecule has 5 heteroatoms. The number of urea groups is 1. The second-order valence-electron chi connectivity index (χ2n) is 6.18. The number of nitrogens with one attached hydrogen (secondary N) is 1. The van der Waals surface area contributed by atoms with E-state index in [0.717, 1.165) is 12.8 Å². The molecule has 2 fully saturated rings. The fraction of sp³-hybridized carbons (Fsp3) is 0.588. The lowest BCUT2D eigenvalue weighted by molar-refractivity contribution is 0.00474. The van der Waals surface area contributed by atoms with Gasteiger partial charge in [0.25, 0.3) is 0 Å². The average molecular weight is 304 g/mol. The predicted octanol–water partition coefficient (Wildman–Crippen LogP) is 2.15. The number of ether oxygens (including phenoxy) is 1. The Morgan fingerprint density at radius 3 is 2.82 bits per heavy atom. The van der Waals surface area contributed by atoms with Crippen molar-refractivity contribution in [1.82, 2.24) is 10.2 Å². The SMILES string of the molecule is O=C(NCCCc1ccc(O)cc1)N1CCOCC1C1CC1. The molecule has 2 N–H and O–H groups in total. The average Bonchev–Trinajstić information content (AvgIpc) is 3.38. The van der Waals surface area contributed by atoms with E-state index in [9.17, 15) is 9.90 Å². The number of carbonyl (C=O) groups excluding carboxylic acids is 1. The topological polar surface area (TPSA) is 61.8 Å². The van der Waals surface area contributed by atoms with Crippen molar-refractivity contribution in [2.75, 3.05) is 26.3 Å². The van der Waals surface area contributed by atoms with Crippen molar-refractivity contribution in [2.45, 2.75) is 31.7 Å². The number of benzene rings is 1. The van der Waals surface area contributed by atoms with Gasteiger partial charge in [0.15, 0.2) is 0 Å². The van der Waals surface area contributed by atoms with E-state index in [1.807, 2.05) is 17.0 Å². The molecule has 1 saturated heterocycles. The van der Waals surface area contributed by atoms with Gasteiger partial charge < -0.3 is 20.1 Å². The fourth-order valence-electron chi connectivity index (χ4n) is 3.00. The van der Waals surface area contributed by atoms with Crippen LogP contribution in [0.2, 0.25) is 0 Å². The quantitative estimate of drug-likeness (QED) is 0.819. The molecule has 2 aliphatic rings. The molecule has 1 atom stereocenters. The van der Waals surface area contributed by atoms with Crippen LogP contribution in [0.1, 0.15) is 24.8 Å². The highest BCUT2D eigenvalue weighted by Crippen LogP contribution is 2.36. The van der Waals surface area contributed by atoms with Crippen molar-refractivity contribution >= 4 is 6.03 Å². The number of hydrogen-bond donors (Lipinski definition) is 2. The van der Waals surface area contributed by atoms with Crippen molar-refractivity contribution < 1.29 is 14.6 Å². The van der Waals surface area contributed by atoms with Crippen molar-refractivity contribution in [3.05, 3.63) is 29.8 Å². The summed E-state index contributed by atoms with van der Waals surface area (Å²) >= 11 is 0. The molecule has 22 heavy (non-hydrogen) atoms. The largest absolute Gasteiger partial charge is 0.508 e. The number of morpholine rings is 1. The summed E-state index contributed by atoms with van der Waals surface area (Å²) in [5.74, 6) is 0.929. The molecule has 1 aromatic rings. The van der Waals surface area contributed by atoms with Crippen molar-refractivity contribution in [3.63, 3.8) is 0 Å². The van der Waals surface area contributed by atoms with Gasteiger partial charge in [-0.3, -0.25) is 0 Å². The van der Waals surface area contributed by atoms with Crippen LogP contribution in [0, 0.1) is 5.92 Å². The minimum atomic E-state index is 0.0471. The Balaban J connectivity index is 1.40. The number of aromatic hydroxyl groups is 1. The van der Waals surface area contributed by atoms with Gasteiger partial charge in [0.1, 0.15) is 5.75 Å². The van der Waals surface area contributed by atoms with E-state index in [4.69, 9.17) is 4.74 Å². The van der Waals surface area contributed by atoms with Gasteiger partial charge in [0.05, 0.1) is 19.3 Å². The van der Waals surface area contributed by atoms with Gasteiger partial charge in [-0.1, -0.05) is 12.1 Å². The van der Waals surface area contributed by atoms with Gasteiger partial charge in [0.2, 0.25) is 0 Å². The molecule has 0 spiro atoms. The highest BCUT2D eigenvalue weighted by molar-refractivity contribution is 5.74. The molecule has 120 valence electrons. The first-order valence-corrected chi connectivity index (χ1v) is 8.14. The number of nitrogens with zero attached hydrogens (tertiary/aromatic N) is 1. The molecule has 1 heterocycles. The van der Waals surface area contributed by atoms with E-state index in [-0.39, 0.29) is 17.8 Å². The molecule has 1 aliphatic heterocycles. The predicted molar refractivity (Wildman–Crippen MR) is 83.9 cm³/mol. The van der Waals surface area contributed by atoms with Crippen LogP contribution >= 0.6 is 0 Å². The van der Waals surface area contributed by atoms with Gasteiger partial charge in [0, 0.05) is 13.1 Å². The normalized spacial score (nSPS) is 21.6. The molecule has 1 unspecified atom stereocenters. The highest BCUT2D eigenvalue weighted by Gasteiger charge is 2.39. The first-order valence-electron chi connectivity index (χ1n) is 8.14. The Bertz CT molecular complexity index is 499. The number of hydrogen-bond acceptors (Lipinski definition) is 3. The summed E-state index contributed by atoms with van der Waals surface area (Å²) in [7, 11) is 0. The smallest absolute Gasteiger partial charge is 0.317 e. The Morgan fingerprint density at radius 2 is 2.09 bits per heavy atom. The zero-order chi connectivity index (χ0) is 15.4. The first kappa shape index (κ1) is 15.2. The van der Waals surface area contributed by atoms with E-state index in [1.165, 1.54) is 18.4 Å². The minimum Gasteiger partial charge on any atom is -0.508 e. The molecule has 3 rings (SSSR count). The van der Waals surface area contributed by atoms with Crippen molar-refractivity contribution in [1.29, 1.82) is 0 Å². The molecule has 1 aromatic carbocycles. The molecule has 2 amide bonds. The fourth-order valence-corrected chi connectivity index (χ4v) is 3.00. The van der Waals surface area contributed by atoms with Crippen molar-refractivity contribution in [2.24, 2.45) is 5.92 Å². The third-order valence-electron chi connectivity index (χ3n) is 4.45. The molecular weight excluding hydrogens is 280 g/mol. The highest BCUT2D eigenvalue weighted by atomic mass is 16.5. The maximum Gasteiger partial charge on any atom is 0.317 e. The maximum atomic E-state index is 12.3. The van der Waals surface area contributed by atoms with Gasteiger partial charge in [-0.25, -0.2) is 4.79 Å². The van der Waals surface area contributed by atoms with Crippen LogP contribution in [0.15, 0.2) is 24.3 Å². The summed E-state index contributed by atoms with van der Waals surface area (Å²) in [6.07, 6.45) is 4.24. The monoisotopic (exact) mass is 304 g/mol. The Labute approximate surface area is 131 Å². The molecule has 0 aromatic heterocycles. The summed E-state index contributed by atoms with van der Waals surface area (Å²) in [5.41, 5.74) is 1.18. The van der Waals surface area contributed by atoms with Crippen LogP contribution in [-0.4, -0.2) is 48.4 Å². The number of phenols is 1. The molecule has 1 saturated carbocycles. The number of rotatable bonds is 5. The maximum absolute atomic E-state index is 12.3. The van der Waals surface area contributed by atoms with Crippen LogP contribution in [-0.2, 0) is 11.2 Å². The molecular formula is C17H24N2O3. The van der Waals surface area contributed by atoms with Gasteiger partial charge in [-0.15, -0.1) is 0 Å². The number of phenolic OH excluding ortho intramolecular Hbond substituents is 1. The number of carbonyl (C=O) groups is 1. The van der Waals surface area contributed by atoms with Crippen LogP contribution < -0.4 is 5.32 Å². The Morgan fingerprint density at radius 1 is 1.32 bits per heavy atom. The zero-order valence-electron chi connectivity index (χ0n) is 12.8. The van der Waals surface area contributed by atoms with Gasteiger partial charge >= 0.3 is 6.03 Å². The van der Waals surface area contributed by atoms with E-state index < -0.39 is 0 Å². The third kappa shape index (κ3) is 3.91. The second-order valence-corrected chi connectivity index (χ2v) is 6.18. The first-order chi connectivity index (χ1) is 10.7. The lowest BCUT2D eigenvalue weighted by Gasteiger charge is -2.35. The molecule has 0 radical (unpaired) electrons. The van der Waals surface area contributed by atoms with E-state index in [2.05, 4.69) is 5.32 Å². The number of amides is 2. The summed E-state index contributed by atoms with van der Waals surface area (Å²) in [6.45, 7) is 2.70. The van der Waals surface area contributed by atoms with Gasteiger partial charge in [-0.2, -0.15) is 0 Å². The lowest BCUT2D eigenvalue weighted by atomic mass is 10.1. The summed E-state index contributed by atoms with van der Waals surface area (Å²) in [6, 6.07) is 7.55. The lowest BCUT2D eigenvalue weighted by Crippen LogP contribution is -2.53. The van der Waals surface area contributed by atoms with Crippen LogP contribution in [0.5, 0.6) is 5.75 Å². The molecule has 5 nitrogen and oxygen atoms in total. The Kier molecular flexibility index (Phi) is 4.83. The van der Waals surface area contributed by atoms with Crippen LogP contribution in [0.3, 0.4) is 0 Å². The summed E-state index contributed by atoms with van der Waals surface area (Å²) in [5, 5.41) is 12.3. The summed E-state index contributed by atoms with van der Waals surface area (Å²) < 4.78 is 5.51. The van der Waals surface area contributed by atoms with Crippen LogP contribution in [0.4, 0.5) is 4.79 Å². The molecule has 0 bridgehead atoms. The van der Waals surface area contributed by atoms with E-state index >= 15 is 0 Å².